The molecule has 0 radical (unpaired) electrons. The first-order valence-electron chi connectivity index (χ1n) is 7.72. The first-order valence-corrected chi connectivity index (χ1v) is 9.48. The second-order valence-corrected chi connectivity index (χ2v) is 7.95. The zero-order chi connectivity index (χ0) is 14.4. The summed E-state index contributed by atoms with van der Waals surface area (Å²) in [5, 5.41) is 4.26. The molecule has 2 aliphatic rings. The van der Waals surface area contributed by atoms with Gasteiger partial charge in [-0.2, -0.15) is 0 Å². The molecule has 21 heavy (non-hydrogen) atoms. The van der Waals surface area contributed by atoms with E-state index in [4.69, 9.17) is 0 Å². The molecule has 1 atom stereocenters. The summed E-state index contributed by atoms with van der Waals surface area (Å²) >= 11 is 3.61. The molecule has 0 spiro atoms. The molecule has 3 heterocycles. The van der Waals surface area contributed by atoms with Gasteiger partial charge in [-0.05, 0) is 61.6 Å². The summed E-state index contributed by atoms with van der Waals surface area (Å²) in [4.78, 5) is 18.0. The third kappa shape index (κ3) is 2.16. The van der Waals surface area contributed by atoms with Gasteiger partial charge in [-0.1, -0.05) is 0 Å². The topological polar surface area (TPSA) is 20.3 Å². The number of rotatable bonds is 1. The van der Waals surface area contributed by atoms with E-state index in [2.05, 4.69) is 28.7 Å². The van der Waals surface area contributed by atoms with Gasteiger partial charge in [-0.3, -0.25) is 4.79 Å². The van der Waals surface area contributed by atoms with Gasteiger partial charge in [-0.15, -0.1) is 22.7 Å². The highest BCUT2D eigenvalue weighted by Crippen LogP contribution is 2.36. The van der Waals surface area contributed by atoms with E-state index in [0.717, 1.165) is 31.4 Å². The summed E-state index contributed by atoms with van der Waals surface area (Å²) in [6, 6.07) is 2.40. The maximum Gasteiger partial charge on any atom is 0.255 e. The van der Waals surface area contributed by atoms with E-state index in [1.165, 1.54) is 33.7 Å². The minimum Gasteiger partial charge on any atom is -0.331 e. The van der Waals surface area contributed by atoms with Gasteiger partial charge in [0.1, 0.15) is 0 Å². The molecule has 0 saturated heterocycles. The molecule has 2 aromatic heterocycles. The monoisotopic (exact) mass is 317 g/mol. The first-order chi connectivity index (χ1) is 10.3. The fraction of sp³-hybridized carbons (Fsp3) is 0.471. The predicted octanol–water partition coefficient (Wildman–Crippen LogP) is 4.45. The average Bonchev–Trinajstić information content (AvgIpc) is 3.14. The maximum atomic E-state index is 13.0. The van der Waals surface area contributed by atoms with E-state index < -0.39 is 0 Å². The minimum atomic E-state index is 0.214. The molecule has 1 amide bonds. The molecule has 0 bridgehead atoms. The third-order valence-electron chi connectivity index (χ3n) is 4.83. The van der Waals surface area contributed by atoms with E-state index >= 15 is 0 Å². The Morgan fingerprint density at radius 1 is 1.19 bits per heavy atom. The van der Waals surface area contributed by atoms with Gasteiger partial charge in [-0.25, -0.2) is 0 Å². The van der Waals surface area contributed by atoms with Crippen LogP contribution in [0, 0.1) is 0 Å². The van der Waals surface area contributed by atoms with Crippen LogP contribution in [0.3, 0.4) is 0 Å². The van der Waals surface area contributed by atoms with Gasteiger partial charge in [0.2, 0.25) is 0 Å². The molecular formula is C17H19NOS2. The molecule has 110 valence electrons. The quantitative estimate of drug-likeness (QED) is 0.761. The van der Waals surface area contributed by atoms with Crippen LogP contribution in [0.15, 0.2) is 16.8 Å². The molecule has 4 heteroatoms. The molecule has 0 unspecified atom stereocenters. The largest absolute Gasteiger partial charge is 0.331 e. The van der Waals surface area contributed by atoms with Gasteiger partial charge < -0.3 is 4.90 Å². The second kappa shape index (κ2) is 5.25. The molecular weight excluding hydrogens is 298 g/mol. The Bertz CT molecular complexity index is 685. The lowest BCUT2D eigenvalue weighted by atomic mass is 9.94. The summed E-state index contributed by atoms with van der Waals surface area (Å²) in [6.07, 6.45) is 5.77. The third-order valence-corrected chi connectivity index (χ3v) is 6.91. The number of thiophene rings is 2. The lowest BCUT2D eigenvalue weighted by Gasteiger charge is -2.34. The number of hydrogen-bond donors (Lipinski definition) is 0. The summed E-state index contributed by atoms with van der Waals surface area (Å²) in [5.41, 5.74) is 3.68. The lowest BCUT2D eigenvalue weighted by Crippen LogP contribution is -2.38. The van der Waals surface area contributed by atoms with Crippen LogP contribution in [0.4, 0.5) is 0 Å². The highest BCUT2D eigenvalue weighted by Gasteiger charge is 2.31. The molecule has 4 rings (SSSR count). The Morgan fingerprint density at radius 3 is 2.95 bits per heavy atom. The molecule has 0 saturated carbocycles. The van der Waals surface area contributed by atoms with Crippen LogP contribution in [0.25, 0.3) is 0 Å². The normalized spacial score (nSPS) is 21.0. The molecule has 1 aliphatic heterocycles. The van der Waals surface area contributed by atoms with E-state index in [1.54, 1.807) is 11.3 Å². The van der Waals surface area contributed by atoms with Crippen molar-refractivity contribution in [3.8, 4) is 0 Å². The maximum absolute atomic E-state index is 13.0. The van der Waals surface area contributed by atoms with Crippen molar-refractivity contribution in [2.75, 3.05) is 6.54 Å². The van der Waals surface area contributed by atoms with Crippen LogP contribution in [0.5, 0.6) is 0 Å². The van der Waals surface area contributed by atoms with Crippen molar-refractivity contribution < 1.29 is 4.79 Å². The molecule has 0 fully saturated rings. The van der Waals surface area contributed by atoms with Crippen molar-refractivity contribution in [2.24, 2.45) is 0 Å². The fourth-order valence-corrected chi connectivity index (χ4v) is 5.70. The number of carbonyl (C=O) groups excluding carboxylic acids is 1. The molecule has 1 aliphatic carbocycles. The van der Waals surface area contributed by atoms with Crippen molar-refractivity contribution in [3.05, 3.63) is 43.3 Å². The standard InChI is InChI=1S/C17H19NOS2/c1-11-12-7-9-20-16(12)6-8-18(11)17(19)14-10-21-15-5-3-2-4-13(14)15/h7,9-11H,2-6,8H2,1H3/t11-/m1/s1. The average molecular weight is 317 g/mol. The number of hydrogen-bond acceptors (Lipinski definition) is 3. The summed E-state index contributed by atoms with van der Waals surface area (Å²) in [6.45, 7) is 3.03. The van der Waals surface area contributed by atoms with Crippen molar-refractivity contribution in [1.29, 1.82) is 0 Å². The number of fused-ring (bicyclic) bond motifs is 2. The highest BCUT2D eigenvalue weighted by atomic mass is 32.1. The van der Waals surface area contributed by atoms with Gasteiger partial charge >= 0.3 is 0 Å². The van der Waals surface area contributed by atoms with Crippen LogP contribution < -0.4 is 0 Å². The van der Waals surface area contributed by atoms with Crippen molar-refractivity contribution in [3.63, 3.8) is 0 Å². The van der Waals surface area contributed by atoms with Crippen LogP contribution in [0.2, 0.25) is 0 Å². The minimum absolute atomic E-state index is 0.214. The van der Waals surface area contributed by atoms with Gasteiger partial charge in [0, 0.05) is 21.7 Å². The molecule has 2 aromatic rings. The molecule has 0 aromatic carbocycles. The Balaban J connectivity index is 1.65. The Morgan fingerprint density at radius 2 is 2.05 bits per heavy atom. The van der Waals surface area contributed by atoms with Crippen LogP contribution in [-0.4, -0.2) is 17.4 Å². The molecule has 0 N–H and O–H groups in total. The van der Waals surface area contributed by atoms with Crippen molar-refractivity contribution in [1.82, 2.24) is 4.90 Å². The Hall–Kier alpha value is -1.13. The molecule has 2 nitrogen and oxygen atoms in total. The fourth-order valence-electron chi connectivity index (χ4n) is 3.61. The van der Waals surface area contributed by atoms with E-state index in [1.807, 2.05) is 11.3 Å². The van der Waals surface area contributed by atoms with Crippen LogP contribution in [-0.2, 0) is 19.3 Å². The second-order valence-electron chi connectivity index (χ2n) is 5.98. The lowest BCUT2D eigenvalue weighted by molar-refractivity contribution is 0.0678. The van der Waals surface area contributed by atoms with Gasteiger partial charge in [0.15, 0.2) is 0 Å². The van der Waals surface area contributed by atoms with Crippen molar-refractivity contribution in [2.45, 2.75) is 45.1 Å². The summed E-state index contributed by atoms with van der Waals surface area (Å²) < 4.78 is 0. The highest BCUT2D eigenvalue weighted by molar-refractivity contribution is 7.10. The van der Waals surface area contributed by atoms with Crippen LogP contribution >= 0.6 is 22.7 Å². The Kier molecular flexibility index (Phi) is 3.38. The van der Waals surface area contributed by atoms with Crippen LogP contribution in [0.1, 0.15) is 57.0 Å². The van der Waals surface area contributed by atoms with Gasteiger partial charge in [0.05, 0.1) is 11.6 Å². The van der Waals surface area contributed by atoms with E-state index in [9.17, 15) is 4.79 Å². The summed E-state index contributed by atoms with van der Waals surface area (Å²) in [7, 11) is 0. The SMILES string of the molecule is C[C@@H]1c2ccsc2CCN1C(=O)c1csc2c1CCCC2. The zero-order valence-electron chi connectivity index (χ0n) is 12.2. The predicted molar refractivity (Wildman–Crippen MR) is 88.4 cm³/mol. The number of carbonyl (C=O) groups is 1. The smallest absolute Gasteiger partial charge is 0.255 e. The number of amides is 1. The number of aryl methyl sites for hydroxylation is 1. The van der Waals surface area contributed by atoms with E-state index in [-0.39, 0.29) is 11.9 Å². The first kappa shape index (κ1) is 13.5. The number of nitrogens with zero attached hydrogens (tertiary/aromatic N) is 1. The van der Waals surface area contributed by atoms with Crippen molar-refractivity contribution >= 4 is 28.6 Å². The zero-order valence-corrected chi connectivity index (χ0v) is 13.9. The summed E-state index contributed by atoms with van der Waals surface area (Å²) in [5.74, 6) is 0.249. The Labute approximate surface area is 133 Å². The van der Waals surface area contributed by atoms with E-state index in [0.29, 0.717) is 0 Å². The van der Waals surface area contributed by atoms with Gasteiger partial charge in [0.25, 0.3) is 5.91 Å².